The monoisotopic (exact) mass is 268 g/mol. The quantitative estimate of drug-likeness (QED) is 0.783. The van der Waals surface area contributed by atoms with Gasteiger partial charge in [-0.25, -0.2) is 4.79 Å². The van der Waals surface area contributed by atoms with Gasteiger partial charge in [-0.05, 0) is 17.5 Å². The highest BCUT2D eigenvalue weighted by atomic mass is 16.5. The maximum atomic E-state index is 10.8. The molecule has 4 nitrogen and oxygen atoms in total. The molecule has 0 saturated heterocycles. The second-order valence-corrected chi connectivity index (χ2v) is 4.37. The number of aromatic carboxylic acids is 1. The van der Waals surface area contributed by atoms with E-state index in [-0.39, 0.29) is 12.2 Å². The van der Waals surface area contributed by atoms with Gasteiger partial charge in [0, 0.05) is 5.39 Å². The number of carbonyl (C=O) groups is 1. The van der Waals surface area contributed by atoms with Crippen molar-refractivity contribution in [2.45, 2.75) is 6.61 Å². The molecule has 0 saturated carbocycles. The van der Waals surface area contributed by atoms with Crippen molar-refractivity contribution in [2.75, 3.05) is 0 Å². The van der Waals surface area contributed by atoms with Gasteiger partial charge < -0.3 is 14.3 Å². The van der Waals surface area contributed by atoms with Crippen molar-refractivity contribution in [3.63, 3.8) is 0 Å². The van der Waals surface area contributed by atoms with E-state index >= 15 is 0 Å². The molecule has 4 heteroatoms. The highest BCUT2D eigenvalue weighted by Crippen LogP contribution is 2.26. The number of carboxylic acids is 1. The molecular weight excluding hydrogens is 256 g/mol. The van der Waals surface area contributed by atoms with Gasteiger partial charge in [-0.3, -0.25) is 0 Å². The molecule has 0 aliphatic heterocycles. The smallest absolute Gasteiger partial charge is 0.338 e. The maximum Gasteiger partial charge on any atom is 0.338 e. The molecule has 0 amide bonds. The first-order chi connectivity index (χ1) is 9.74. The Morgan fingerprint density at radius 1 is 1.15 bits per heavy atom. The van der Waals surface area contributed by atoms with Gasteiger partial charge >= 0.3 is 5.97 Å². The summed E-state index contributed by atoms with van der Waals surface area (Å²) in [7, 11) is 0. The highest BCUT2D eigenvalue weighted by Gasteiger charge is 2.09. The second kappa shape index (κ2) is 5.09. The normalized spacial score (nSPS) is 10.6. The Morgan fingerprint density at radius 3 is 2.75 bits per heavy atom. The summed E-state index contributed by atoms with van der Waals surface area (Å²) in [6, 6.07) is 15.2. The first kappa shape index (κ1) is 12.3. The molecule has 1 aromatic heterocycles. The van der Waals surface area contributed by atoms with E-state index in [0.29, 0.717) is 5.76 Å². The van der Waals surface area contributed by atoms with Crippen LogP contribution in [0.4, 0.5) is 0 Å². The topological polar surface area (TPSA) is 59.7 Å². The van der Waals surface area contributed by atoms with Crippen LogP contribution < -0.4 is 4.74 Å². The summed E-state index contributed by atoms with van der Waals surface area (Å²) in [5.74, 6) is 0.219. The third kappa shape index (κ3) is 2.36. The van der Waals surface area contributed by atoms with Gasteiger partial charge in [-0.15, -0.1) is 0 Å². The summed E-state index contributed by atoms with van der Waals surface area (Å²) < 4.78 is 10.9. The van der Waals surface area contributed by atoms with Crippen molar-refractivity contribution in [1.82, 2.24) is 0 Å². The molecule has 2 aromatic carbocycles. The van der Waals surface area contributed by atoms with Gasteiger partial charge in [0.1, 0.15) is 24.4 Å². The Bertz CT molecular complexity index is 753. The fourth-order valence-corrected chi connectivity index (χ4v) is 2.04. The molecule has 100 valence electrons. The van der Waals surface area contributed by atoms with E-state index in [1.54, 1.807) is 0 Å². The van der Waals surface area contributed by atoms with Crippen LogP contribution in [0.1, 0.15) is 16.1 Å². The van der Waals surface area contributed by atoms with Crippen LogP contribution in [-0.2, 0) is 6.61 Å². The van der Waals surface area contributed by atoms with Crippen molar-refractivity contribution < 1.29 is 19.1 Å². The minimum absolute atomic E-state index is 0.126. The number of furan rings is 1. The zero-order chi connectivity index (χ0) is 13.9. The average Bonchev–Trinajstić information content (AvgIpc) is 2.94. The minimum Gasteiger partial charge on any atom is -0.485 e. The summed E-state index contributed by atoms with van der Waals surface area (Å²) >= 11 is 0. The summed E-state index contributed by atoms with van der Waals surface area (Å²) in [4.78, 5) is 10.8. The van der Waals surface area contributed by atoms with E-state index < -0.39 is 5.97 Å². The Labute approximate surface area is 115 Å². The van der Waals surface area contributed by atoms with Gasteiger partial charge in [-0.1, -0.05) is 36.4 Å². The molecule has 3 aromatic rings. The van der Waals surface area contributed by atoms with E-state index in [1.807, 2.05) is 42.5 Å². The molecule has 3 rings (SSSR count). The number of hydrogen-bond donors (Lipinski definition) is 1. The molecule has 1 heterocycles. The predicted molar refractivity (Wildman–Crippen MR) is 73.9 cm³/mol. The van der Waals surface area contributed by atoms with Crippen molar-refractivity contribution >= 4 is 16.7 Å². The molecule has 0 fully saturated rings. The largest absolute Gasteiger partial charge is 0.485 e. The Morgan fingerprint density at radius 2 is 1.95 bits per heavy atom. The lowest BCUT2D eigenvalue weighted by Gasteiger charge is -2.07. The van der Waals surface area contributed by atoms with Gasteiger partial charge in [0.25, 0.3) is 0 Å². The zero-order valence-electron chi connectivity index (χ0n) is 10.6. The Kier molecular flexibility index (Phi) is 3.13. The van der Waals surface area contributed by atoms with Crippen LogP contribution in [0.15, 0.2) is 59.2 Å². The molecule has 0 bridgehead atoms. The second-order valence-electron chi connectivity index (χ2n) is 4.37. The number of ether oxygens (including phenoxy) is 1. The van der Waals surface area contributed by atoms with Gasteiger partial charge in [0.2, 0.25) is 0 Å². The highest BCUT2D eigenvalue weighted by molar-refractivity contribution is 5.88. The number of fused-ring (bicyclic) bond motifs is 1. The lowest BCUT2D eigenvalue weighted by molar-refractivity contribution is 0.0696. The molecule has 0 aliphatic carbocycles. The third-order valence-corrected chi connectivity index (χ3v) is 3.02. The van der Waals surface area contributed by atoms with E-state index in [1.165, 1.54) is 12.3 Å². The lowest BCUT2D eigenvalue weighted by Crippen LogP contribution is -1.95. The van der Waals surface area contributed by atoms with Crippen LogP contribution in [0.5, 0.6) is 5.75 Å². The molecule has 0 spiro atoms. The van der Waals surface area contributed by atoms with Gasteiger partial charge in [0.15, 0.2) is 0 Å². The standard InChI is InChI=1S/C16H12O4/c17-16(18)12-8-13(19-9-12)10-20-15-7-3-5-11-4-1-2-6-14(11)15/h1-9H,10H2,(H,17,18). The lowest BCUT2D eigenvalue weighted by atomic mass is 10.1. The number of hydrogen-bond acceptors (Lipinski definition) is 3. The van der Waals surface area contributed by atoms with E-state index in [9.17, 15) is 4.79 Å². The minimum atomic E-state index is -1.01. The summed E-state index contributed by atoms with van der Waals surface area (Å²) in [6.07, 6.45) is 1.21. The molecular formula is C16H12O4. The number of rotatable bonds is 4. The van der Waals surface area contributed by atoms with Gasteiger partial charge in [-0.2, -0.15) is 0 Å². The van der Waals surface area contributed by atoms with Crippen molar-refractivity contribution in [3.05, 3.63) is 66.1 Å². The fraction of sp³-hybridized carbons (Fsp3) is 0.0625. The fourth-order valence-electron chi connectivity index (χ4n) is 2.04. The van der Waals surface area contributed by atoms with Crippen LogP contribution in [0.2, 0.25) is 0 Å². The van der Waals surface area contributed by atoms with Crippen molar-refractivity contribution in [2.24, 2.45) is 0 Å². The number of benzene rings is 2. The van der Waals surface area contributed by atoms with E-state index in [2.05, 4.69) is 0 Å². The molecule has 0 radical (unpaired) electrons. The third-order valence-electron chi connectivity index (χ3n) is 3.02. The molecule has 0 atom stereocenters. The Hall–Kier alpha value is -2.75. The van der Waals surface area contributed by atoms with E-state index in [4.69, 9.17) is 14.3 Å². The summed E-state index contributed by atoms with van der Waals surface area (Å²) in [5, 5.41) is 10.9. The first-order valence-corrected chi connectivity index (χ1v) is 6.15. The summed E-state index contributed by atoms with van der Waals surface area (Å²) in [5.41, 5.74) is 0.126. The Balaban J connectivity index is 1.81. The zero-order valence-corrected chi connectivity index (χ0v) is 10.6. The molecule has 1 N–H and O–H groups in total. The SMILES string of the molecule is O=C(O)c1coc(COc2cccc3ccccc23)c1. The molecule has 0 aliphatic rings. The summed E-state index contributed by atoms with van der Waals surface area (Å²) in [6.45, 7) is 0.196. The maximum absolute atomic E-state index is 10.8. The molecule has 20 heavy (non-hydrogen) atoms. The average molecular weight is 268 g/mol. The molecule has 0 unspecified atom stereocenters. The van der Waals surface area contributed by atoms with Crippen molar-refractivity contribution in [3.8, 4) is 5.75 Å². The van der Waals surface area contributed by atoms with Crippen LogP contribution in [0, 0.1) is 0 Å². The number of carboxylic acid groups (broad SMARTS) is 1. The van der Waals surface area contributed by atoms with Crippen LogP contribution in [-0.4, -0.2) is 11.1 Å². The van der Waals surface area contributed by atoms with Crippen LogP contribution in [0.3, 0.4) is 0 Å². The van der Waals surface area contributed by atoms with Crippen LogP contribution >= 0.6 is 0 Å². The predicted octanol–water partition coefficient (Wildman–Crippen LogP) is 3.71. The van der Waals surface area contributed by atoms with Crippen LogP contribution in [0.25, 0.3) is 10.8 Å². The van der Waals surface area contributed by atoms with Crippen molar-refractivity contribution in [1.29, 1.82) is 0 Å². The van der Waals surface area contributed by atoms with Gasteiger partial charge in [0.05, 0.1) is 5.56 Å². The van der Waals surface area contributed by atoms with E-state index in [0.717, 1.165) is 16.5 Å². The first-order valence-electron chi connectivity index (χ1n) is 6.15.